The van der Waals surface area contributed by atoms with Gasteiger partial charge in [-0.05, 0) is 64.0 Å². The second-order valence-electron chi connectivity index (χ2n) is 8.14. The number of halogens is 4. The van der Waals surface area contributed by atoms with E-state index in [0.717, 1.165) is 25.3 Å². The van der Waals surface area contributed by atoms with Gasteiger partial charge >= 0.3 is 0 Å². The smallest absolute Gasteiger partial charge is 0.197 e. The third-order valence-corrected chi connectivity index (χ3v) is 5.58. The zero-order valence-corrected chi connectivity index (χ0v) is 17.9. The minimum atomic E-state index is -1.75. The first-order valence-corrected chi connectivity index (χ1v) is 10.7. The minimum absolute atomic E-state index is 0.107. The van der Waals surface area contributed by atoms with Gasteiger partial charge in [-0.25, -0.2) is 17.6 Å². The lowest BCUT2D eigenvalue weighted by Crippen LogP contribution is -2.34. The molecule has 1 nitrogen and oxygen atoms in total. The molecule has 0 saturated carbocycles. The van der Waals surface area contributed by atoms with E-state index >= 15 is 0 Å². The maximum absolute atomic E-state index is 13.9. The van der Waals surface area contributed by atoms with E-state index in [0.29, 0.717) is 13.0 Å². The Morgan fingerprint density at radius 3 is 2.07 bits per heavy atom. The lowest BCUT2D eigenvalue weighted by Gasteiger charge is -2.34. The van der Waals surface area contributed by atoms with E-state index in [-0.39, 0.29) is 23.5 Å². The zero-order valence-electron chi connectivity index (χ0n) is 17.9. The third-order valence-electron chi connectivity index (χ3n) is 5.58. The Morgan fingerprint density at radius 1 is 0.821 bits per heavy atom. The van der Waals surface area contributed by atoms with E-state index < -0.39 is 23.3 Å². The first kappa shape index (κ1) is 24.9. The molecular formula is C23H36F4O. The summed E-state index contributed by atoms with van der Waals surface area (Å²) in [6, 6.07) is 0.768. The number of hydrogen-bond donors (Lipinski definition) is 0. The van der Waals surface area contributed by atoms with E-state index in [1.807, 2.05) is 6.92 Å². The number of benzene rings is 1. The molecule has 1 rings (SSSR count). The number of aryl methyl sites for hydroxylation is 1. The molecule has 0 heterocycles. The second kappa shape index (κ2) is 12.5. The number of unbranched alkanes of at least 4 members (excludes halogenated alkanes) is 5. The van der Waals surface area contributed by atoms with Gasteiger partial charge in [0, 0.05) is 6.61 Å². The summed E-state index contributed by atoms with van der Waals surface area (Å²) in [4.78, 5) is 0. The van der Waals surface area contributed by atoms with Gasteiger partial charge in [0.15, 0.2) is 23.3 Å². The Kier molecular flexibility index (Phi) is 11.1. The van der Waals surface area contributed by atoms with Gasteiger partial charge < -0.3 is 4.74 Å². The SMILES string of the molecule is CCCCCCCCC(CCCc1cc(F)c(F)c(F)c1F)C(C)(C)OCC. The number of hydrogen-bond acceptors (Lipinski definition) is 1. The van der Waals surface area contributed by atoms with Crippen molar-refractivity contribution < 1.29 is 22.3 Å². The predicted molar refractivity (Wildman–Crippen MR) is 106 cm³/mol. The van der Waals surface area contributed by atoms with Crippen LogP contribution in [0.15, 0.2) is 6.07 Å². The summed E-state index contributed by atoms with van der Waals surface area (Å²) in [5.74, 6) is -5.83. The van der Waals surface area contributed by atoms with Crippen LogP contribution >= 0.6 is 0 Å². The first-order valence-electron chi connectivity index (χ1n) is 10.7. The Bertz CT molecular complexity index is 586. The molecule has 0 aliphatic rings. The summed E-state index contributed by atoms with van der Waals surface area (Å²) in [6.45, 7) is 8.90. The molecule has 5 heteroatoms. The van der Waals surface area contributed by atoms with Crippen LogP contribution in [0.25, 0.3) is 0 Å². The molecule has 0 N–H and O–H groups in total. The van der Waals surface area contributed by atoms with Crippen molar-refractivity contribution in [3.05, 3.63) is 34.9 Å². The molecule has 0 spiro atoms. The van der Waals surface area contributed by atoms with Crippen LogP contribution in [-0.4, -0.2) is 12.2 Å². The molecule has 1 unspecified atom stereocenters. The molecule has 0 saturated heterocycles. The van der Waals surface area contributed by atoms with Crippen LogP contribution in [-0.2, 0) is 11.2 Å². The van der Waals surface area contributed by atoms with E-state index in [4.69, 9.17) is 4.74 Å². The minimum Gasteiger partial charge on any atom is -0.376 e. The van der Waals surface area contributed by atoms with Crippen molar-refractivity contribution in [3.63, 3.8) is 0 Å². The molecule has 0 aliphatic heterocycles. The molecule has 162 valence electrons. The molecule has 0 aromatic heterocycles. The van der Waals surface area contributed by atoms with Crippen LogP contribution in [0.5, 0.6) is 0 Å². The van der Waals surface area contributed by atoms with Crippen molar-refractivity contribution in [1.29, 1.82) is 0 Å². The van der Waals surface area contributed by atoms with Gasteiger partial charge in [-0.2, -0.15) is 0 Å². The fourth-order valence-electron chi connectivity index (χ4n) is 3.84. The van der Waals surface area contributed by atoms with Crippen LogP contribution in [0.2, 0.25) is 0 Å². The van der Waals surface area contributed by atoms with Gasteiger partial charge in [0.2, 0.25) is 0 Å². The summed E-state index contributed by atoms with van der Waals surface area (Å²) in [7, 11) is 0. The lowest BCUT2D eigenvalue weighted by molar-refractivity contribution is -0.0603. The Labute approximate surface area is 167 Å². The van der Waals surface area contributed by atoms with Gasteiger partial charge in [-0.3, -0.25) is 0 Å². The summed E-state index contributed by atoms with van der Waals surface area (Å²) < 4.78 is 59.7. The van der Waals surface area contributed by atoms with Crippen LogP contribution < -0.4 is 0 Å². The fourth-order valence-corrected chi connectivity index (χ4v) is 3.84. The maximum Gasteiger partial charge on any atom is 0.197 e. The molecule has 1 aromatic carbocycles. The topological polar surface area (TPSA) is 9.23 Å². The van der Waals surface area contributed by atoms with Gasteiger partial charge in [0.1, 0.15) is 0 Å². The fraction of sp³-hybridized carbons (Fsp3) is 0.739. The lowest BCUT2D eigenvalue weighted by atomic mass is 9.82. The van der Waals surface area contributed by atoms with Crippen molar-refractivity contribution in [2.24, 2.45) is 5.92 Å². The average molecular weight is 405 g/mol. The largest absolute Gasteiger partial charge is 0.376 e. The zero-order chi connectivity index (χ0) is 21.2. The quantitative estimate of drug-likeness (QED) is 0.133. The first-order chi connectivity index (χ1) is 13.2. The molecule has 0 bridgehead atoms. The van der Waals surface area contributed by atoms with Crippen LogP contribution in [0.3, 0.4) is 0 Å². The molecule has 1 aromatic rings. The van der Waals surface area contributed by atoms with Crippen molar-refractivity contribution in [1.82, 2.24) is 0 Å². The Hall–Kier alpha value is -1.10. The Balaban J connectivity index is 2.64. The highest BCUT2D eigenvalue weighted by Gasteiger charge is 2.29. The molecule has 0 radical (unpaired) electrons. The normalized spacial score (nSPS) is 13.1. The highest BCUT2D eigenvalue weighted by molar-refractivity contribution is 5.21. The van der Waals surface area contributed by atoms with Crippen LogP contribution in [0.1, 0.15) is 91.0 Å². The standard InChI is InChI=1S/C23H36F4O/c1-5-7-8-9-10-11-14-18(23(3,4)28-6-2)15-12-13-17-16-19(24)21(26)22(27)20(17)25/h16,18H,5-15H2,1-4H3. The monoisotopic (exact) mass is 404 g/mol. The summed E-state index contributed by atoms with van der Waals surface area (Å²) >= 11 is 0. The van der Waals surface area contributed by atoms with E-state index in [9.17, 15) is 17.6 Å². The third kappa shape index (κ3) is 7.73. The van der Waals surface area contributed by atoms with Crippen molar-refractivity contribution in [2.45, 2.75) is 97.5 Å². The summed E-state index contributed by atoms with van der Waals surface area (Å²) in [5.41, 5.74) is -0.417. The van der Waals surface area contributed by atoms with Crippen LogP contribution in [0, 0.1) is 29.2 Å². The number of rotatable bonds is 14. The molecule has 28 heavy (non-hydrogen) atoms. The summed E-state index contributed by atoms with van der Waals surface area (Å²) in [6.07, 6.45) is 9.79. The van der Waals surface area contributed by atoms with Gasteiger partial charge in [-0.1, -0.05) is 45.4 Å². The predicted octanol–water partition coefficient (Wildman–Crippen LogP) is 7.75. The van der Waals surface area contributed by atoms with Gasteiger partial charge in [-0.15, -0.1) is 0 Å². The van der Waals surface area contributed by atoms with Crippen molar-refractivity contribution in [2.75, 3.05) is 6.61 Å². The molecule has 0 fully saturated rings. The Morgan fingerprint density at radius 2 is 1.43 bits per heavy atom. The van der Waals surface area contributed by atoms with Gasteiger partial charge in [0.25, 0.3) is 0 Å². The van der Waals surface area contributed by atoms with E-state index in [1.54, 1.807) is 0 Å². The molecule has 0 aliphatic carbocycles. The van der Waals surface area contributed by atoms with Crippen LogP contribution in [0.4, 0.5) is 17.6 Å². The van der Waals surface area contributed by atoms with Gasteiger partial charge in [0.05, 0.1) is 5.60 Å². The number of ether oxygens (including phenoxy) is 1. The highest BCUT2D eigenvalue weighted by Crippen LogP contribution is 2.32. The maximum atomic E-state index is 13.9. The van der Waals surface area contributed by atoms with E-state index in [1.165, 1.54) is 32.1 Å². The van der Waals surface area contributed by atoms with Crippen molar-refractivity contribution >= 4 is 0 Å². The molecule has 1 atom stereocenters. The molecule has 0 amide bonds. The second-order valence-corrected chi connectivity index (χ2v) is 8.14. The highest BCUT2D eigenvalue weighted by atomic mass is 19.2. The van der Waals surface area contributed by atoms with E-state index in [2.05, 4.69) is 20.8 Å². The average Bonchev–Trinajstić information content (AvgIpc) is 2.65. The molecular weight excluding hydrogens is 368 g/mol. The van der Waals surface area contributed by atoms with Crippen molar-refractivity contribution in [3.8, 4) is 0 Å². The summed E-state index contributed by atoms with van der Waals surface area (Å²) in [5, 5.41) is 0.